The Kier molecular flexibility index (Phi) is 2.47. The van der Waals surface area contributed by atoms with Crippen molar-refractivity contribution < 1.29 is 9.72 Å². The Balaban J connectivity index is 3.27. The Hall–Kier alpha value is -1.96. The minimum atomic E-state index is -0.765. The molecule has 1 aliphatic carbocycles. The molecule has 1 aliphatic rings. The molecule has 0 aromatic rings. The van der Waals surface area contributed by atoms with Gasteiger partial charge in [0.1, 0.15) is 11.6 Å². The van der Waals surface area contributed by atoms with Crippen molar-refractivity contribution in [2.24, 2.45) is 0 Å². The maximum atomic E-state index is 11.4. The van der Waals surface area contributed by atoms with Gasteiger partial charge in [-0.05, 0) is 25.8 Å². The molecule has 5 heteroatoms. The maximum absolute atomic E-state index is 11.4. The Bertz CT molecular complexity index is 424. The highest BCUT2D eigenvalue weighted by Crippen LogP contribution is 2.26. The second-order valence-corrected chi connectivity index (χ2v) is 3.16. The average Bonchev–Trinajstić information content (AvgIpc) is 2.02. The van der Waals surface area contributed by atoms with E-state index in [2.05, 4.69) is 0 Å². The highest BCUT2D eigenvalue weighted by Gasteiger charge is 2.33. The summed E-state index contributed by atoms with van der Waals surface area (Å²) in [5.41, 5.74) is 0.464. The van der Waals surface area contributed by atoms with Crippen LogP contribution in [0.2, 0.25) is 0 Å². The minimum absolute atomic E-state index is 0.0951. The van der Waals surface area contributed by atoms with Crippen LogP contribution < -0.4 is 0 Å². The normalized spacial score (nSPS) is 17.1. The van der Waals surface area contributed by atoms with E-state index in [1.165, 1.54) is 6.92 Å². The fourth-order valence-electron chi connectivity index (χ4n) is 1.46. The quantitative estimate of drug-likeness (QED) is 0.463. The standard InChI is InChI=1S/C9H8N2O3/c1-5-3-6(2)8(11(13)14)9(12)7(5)4-10/h3H2,1-2H3. The molecule has 0 N–H and O–H groups in total. The molecule has 0 spiro atoms. The van der Waals surface area contributed by atoms with E-state index >= 15 is 0 Å². The first kappa shape index (κ1) is 10.1. The van der Waals surface area contributed by atoms with E-state index < -0.39 is 16.4 Å². The lowest BCUT2D eigenvalue weighted by Gasteiger charge is -2.11. The number of allylic oxidation sites excluding steroid dienone is 3. The molecule has 0 atom stereocenters. The first-order valence-corrected chi connectivity index (χ1v) is 3.97. The van der Waals surface area contributed by atoms with Gasteiger partial charge in [0, 0.05) is 5.57 Å². The number of ketones is 1. The predicted octanol–water partition coefficient (Wildman–Crippen LogP) is 1.35. The van der Waals surface area contributed by atoms with Crippen molar-refractivity contribution in [1.82, 2.24) is 0 Å². The zero-order valence-electron chi connectivity index (χ0n) is 7.83. The summed E-state index contributed by atoms with van der Waals surface area (Å²) in [5.74, 6) is -0.765. The molecule has 0 aromatic carbocycles. The predicted molar refractivity (Wildman–Crippen MR) is 47.6 cm³/mol. The topological polar surface area (TPSA) is 84.0 Å². The van der Waals surface area contributed by atoms with Gasteiger partial charge in [-0.15, -0.1) is 0 Å². The van der Waals surface area contributed by atoms with Gasteiger partial charge in [0.15, 0.2) is 0 Å². The third-order valence-electron chi connectivity index (χ3n) is 2.10. The van der Waals surface area contributed by atoms with Gasteiger partial charge in [-0.1, -0.05) is 0 Å². The fraction of sp³-hybridized carbons (Fsp3) is 0.333. The van der Waals surface area contributed by atoms with Crippen LogP contribution in [0.5, 0.6) is 0 Å². The lowest BCUT2D eigenvalue weighted by atomic mass is 9.91. The van der Waals surface area contributed by atoms with Gasteiger partial charge < -0.3 is 0 Å². The first-order chi connectivity index (χ1) is 6.49. The van der Waals surface area contributed by atoms with Crippen LogP contribution >= 0.6 is 0 Å². The molecule has 0 amide bonds. The molecule has 0 fully saturated rings. The monoisotopic (exact) mass is 192 g/mol. The number of nitrogens with zero attached hydrogens (tertiary/aromatic N) is 2. The Morgan fingerprint density at radius 3 is 2.43 bits per heavy atom. The number of nitro groups is 1. The number of carbonyl (C=O) groups is 1. The van der Waals surface area contributed by atoms with Gasteiger partial charge in [-0.3, -0.25) is 14.9 Å². The molecule has 5 nitrogen and oxygen atoms in total. The molecule has 0 heterocycles. The number of hydrogen-bond donors (Lipinski definition) is 0. The molecule has 14 heavy (non-hydrogen) atoms. The van der Waals surface area contributed by atoms with E-state index in [4.69, 9.17) is 5.26 Å². The van der Waals surface area contributed by atoms with E-state index in [1.54, 1.807) is 13.0 Å². The zero-order valence-corrected chi connectivity index (χ0v) is 7.83. The molecular formula is C9H8N2O3. The molecular weight excluding hydrogens is 184 g/mol. The van der Waals surface area contributed by atoms with Crippen LogP contribution in [0, 0.1) is 21.4 Å². The van der Waals surface area contributed by atoms with Crippen LogP contribution in [-0.2, 0) is 4.79 Å². The maximum Gasteiger partial charge on any atom is 0.316 e. The summed E-state index contributed by atoms with van der Waals surface area (Å²) in [6.07, 6.45) is 0.324. The molecule has 0 saturated carbocycles. The highest BCUT2D eigenvalue weighted by molar-refractivity contribution is 6.11. The van der Waals surface area contributed by atoms with Crippen LogP contribution in [0.1, 0.15) is 20.3 Å². The average molecular weight is 192 g/mol. The van der Waals surface area contributed by atoms with Gasteiger partial charge in [0.05, 0.1) is 4.92 Å². The second-order valence-electron chi connectivity index (χ2n) is 3.16. The van der Waals surface area contributed by atoms with E-state index in [-0.39, 0.29) is 5.57 Å². The van der Waals surface area contributed by atoms with E-state index in [0.717, 1.165) is 0 Å². The highest BCUT2D eigenvalue weighted by atomic mass is 16.6. The molecule has 0 aliphatic heterocycles. The van der Waals surface area contributed by atoms with E-state index in [9.17, 15) is 14.9 Å². The molecule has 0 radical (unpaired) electrons. The molecule has 0 unspecified atom stereocenters. The van der Waals surface area contributed by atoms with Crippen molar-refractivity contribution >= 4 is 5.78 Å². The third-order valence-corrected chi connectivity index (χ3v) is 2.10. The zero-order chi connectivity index (χ0) is 10.9. The Labute approximate surface area is 80.5 Å². The number of hydrogen-bond acceptors (Lipinski definition) is 4. The van der Waals surface area contributed by atoms with Crippen LogP contribution in [0.4, 0.5) is 0 Å². The van der Waals surface area contributed by atoms with Crippen molar-refractivity contribution in [3.63, 3.8) is 0 Å². The van der Waals surface area contributed by atoms with Crippen LogP contribution in [0.3, 0.4) is 0 Å². The summed E-state index contributed by atoms with van der Waals surface area (Å²) >= 11 is 0. The van der Waals surface area contributed by atoms with Crippen molar-refractivity contribution in [3.8, 4) is 6.07 Å². The van der Waals surface area contributed by atoms with E-state index in [0.29, 0.717) is 17.6 Å². The SMILES string of the molecule is CC1=C(C#N)C(=O)C([N+](=O)[O-])=C(C)C1. The molecule has 0 aromatic heterocycles. The van der Waals surface area contributed by atoms with Crippen molar-refractivity contribution in [1.29, 1.82) is 5.26 Å². The van der Waals surface area contributed by atoms with Crippen molar-refractivity contribution in [2.75, 3.05) is 0 Å². The number of rotatable bonds is 1. The Morgan fingerprint density at radius 2 is 2.00 bits per heavy atom. The fourth-order valence-corrected chi connectivity index (χ4v) is 1.46. The summed E-state index contributed by atoms with van der Waals surface area (Å²) < 4.78 is 0. The van der Waals surface area contributed by atoms with Gasteiger partial charge in [0.25, 0.3) is 5.78 Å². The summed E-state index contributed by atoms with van der Waals surface area (Å²) in [7, 11) is 0. The van der Waals surface area contributed by atoms with Gasteiger partial charge in [-0.2, -0.15) is 5.26 Å². The summed E-state index contributed by atoms with van der Waals surface area (Å²) in [6, 6.07) is 1.70. The molecule has 1 rings (SSSR count). The summed E-state index contributed by atoms with van der Waals surface area (Å²) in [6.45, 7) is 3.17. The van der Waals surface area contributed by atoms with Crippen molar-refractivity contribution in [2.45, 2.75) is 20.3 Å². The largest absolute Gasteiger partial charge is 0.316 e. The smallest absolute Gasteiger partial charge is 0.281 e. The third kappa shape index (κ3) is 1.42. The van der Waals surface area contributed by atoms with Crippen molar-refractivity contribution in [3.05, 3.63) is 32.5 Å². The van der Waals surface area contributed by atoms with Gasteiger partial charge in [-0.25, -0.2) is 0 Å². The lowest BCUT2D eigenvalue weighted by molar-refractivity contribution is -0.419. The lowest BCUT2D eigenvalue weighted by Crippen LogP contribution is -2.19. The molecule has 0 saturated heterocycles. The first-order valence-electron chi connectivity index (χ1n) is 3.97. The van der Waals surface area contributed by atoms with Gasteiger partial charge >= 0.3 is 5.70 Å². The van der Waals surface area contributed by atoms with Crippen LogP contribution in [0.15, 0.2) is 22.4 Å². The van der Waals surface area contributed by atoms with Gasteiger partial charge in [0.2, 0.25) is 0 Å². The minimum Gasteiger partial charge on any atom is -0.281 e. The van der Waals surface area contributed by atoms with Crippen LogP contribution in [0.25, 0.3) is 0 Å². The van der Waals surface area contributed by atoms with E-state index in [1.807, 2.05) is 0 Å². The number of nitriles is 1. The van der Waals surface area contributed by atoms with Crippen LogP contribution in [-0.4, -0.2) is 10.7 Å². The number of Topliss-reactive ketones (excluding diaryl/α,β-unsaturated/α-hetero) is 1. The second kappa shape index (κ2) is 3.42. The molecule has 72 valence electrons. The summed E-state index contributed by atoms with van der Waals surface area (Å²) in [5, 5.41) is 19.2. The number of carbonyl (C=O) groups excluding carboxylic acids is 1. The Morgan fingerprint density at radius 1 is 1.43 bits per heavy atom. The molecule has 0 bridgehead atoms. The summed E-state index contributed by atoms with van der Waals surface area (Å²) in [4.78, 5) is 21.3.